The van der Waals surface area contributed by atoms with Crippen molar-refractivity contribution in [2.75, 3.05) is 7.11 Å². The van der Waals surface area contributed by atoms with E-state index in [1.165, 1.54) is 6.07 Å². The first-order valence-electron chi connectivity index (χ1n) is 4.36. The molecule has 1 aromatic rings. The minimum Gasteiger partial charge on any atom is -0.465 e. The zero-order valence-corrected chi connectivity index (χ0v) is 10.4. The van der Waals surface area contributed by atoms with Gasteiger partial charge in [0.25, 0.3) is 0 Å². The first-order valence-corrected chi connectivity index (χ1v) is 5.56. The van der Waals surface area contributed by atoms with E-state index in [-0.39, 0.29) is 10.6 Å². The van der Waals surface area contributed by atoms with Gasteiger partial charge in [-0.3, -0.25) is 0 Å². The van der Waals surface area contributed by atoms with Crippen molar-refractivity contribution in [3.8, 4) is 6.07 Å². The normalized spacial score (nSPS) is 10.9. The average molecular weight is 296 g/mol. The molecule has 0 saturated carbocycles. The first-order chi connectivity index (χ1) is 8.30. The van der Waals surface area contributed by atoms with Crippen molar-refractivity contribution in [3.05, 3.63) is 28.3 Å². The van der Waals surface area contributed by atoms with Gasteiger partial charge in [-0.25, -0.2) is 4.79 Å². The predicted octanol–water partition coefficient (Wildman–Crippen LogP) is 3.61. The monoisotopic (exact) mass is 295 g/mol. The number of methoxy groups -OCH3 is 1. The molecule has 0 aliphatic rings. The van der Waals surface area contributed by atoms with Crippen LogP contribution in [-0.4, -0.2) is 18.6 Å². The molecular weight excluding hydrogens is 291 g/mol. The molecule has 0 radical (unpaired) electrons. The summed E-state index contributed by atoms with van der Waals surface area (Å²) in [6.45, 7) is 0. The number of hydrogen-bond acceptors (Lipinski definition) is 4. The van der Waals surface area contributed by atoms with Crippen LogP contribution in [0.25, 0.3) is 0 Å². The number of thioether (sulfide) groups is 1. The number of carbonyl (C=O) groups is 1. The smallest absolute Gasteiger partial charge is 0.446 e. The number of nitrogens with zero attached hydrogens (tertiary/aromatic N) is 1. The minimum atomic E-state index is -4.64. The summed E-state index contributed by atoms with van der Waals surface area (Å²) >= 11 is 5.05. The molecule has 0 N–H and O–H groups in total. The molecule has 18 heavy (non-hydrogen) atoms. The largest absolute Gasteiger partial charge is 0.465 e. The molecule has 0 unspecified atom stereocenters. The SMILES string of the molecule is COC(=O)c1ccc(Cl)c(C#N)c1SC(F)(F)F. The summed E-state index contributed by atoms with van der Waals surface area (Å²) in [5.41, 5.74) is -5.39. The van der Waals surface area contributed by atoms with Gasteiger partial charge in [-0.05, 0) is 23.9 Å². The lowest BCUT2D eigenvalue weighted by Crippen LogP contribution is -2.08. The third kappa shape index (κ3) is 3.31. The Morgan fingerprint density at radius 2 is 2.11 bits per heavy atom. The predicted molar refractivity (Wildman–Crippen MR) is 59.4 cm³/mol. The molecule has 0 spiro atoms. The second-order valence-corrected chi connectivity index (χ2v) is 4.43. The Balaban J connectivity index is 3.45. The summed E-state index contributed by atoms with van der Waals surface area (Å²) in [4.78, 5) is 10.8. The minimum absolute atomic E-state index is 0.156. The maximum absolute atomic E-state index is 12.4. The molecule has 96 valence electrons. The van der Waals surface area contributed by atoms with Gasteiger partial charge in [0, 0.05) is 4.90 Å². The first kappa shape index (κ1) is 14.7. The number of rotatable bonds is 2. The molecule has 0 fully saturated rings. The number of carbonyl (C=O) groups excluding carboxylic acids is 1. The van der Waals surface area contributed by atoms with E-state index < -0.39 is 33.7 Å². The Hall–Kier alpha value is -1.39. The van der Waals surface area contributed by atoms with Crippen LogP contribution in [0.3, 0.4) is 0 Å². The summed E-state index contributed by atoms with van der Waals surface area (Å²) in [6, 6.07) is 3.81. The van der Waals surface area contributed by atoms with E-state index in [1.807, 2.05) is 0 Å². The van der Waals surface area contributed by atoms with Crippen LogP contribution in [0.5, 0.6) is 0 Å². The quantitative estimate of drug-likeness (QED) is 0.618. The number of ether oxygens (including phenoxy) is 1. The zero-order valence-electron chi connectivity index (χ0n) is 8.84. The molecule has 3 nitrogen and oxygen atoms in total. The number of halogens is 4. The van der Waals surface area contributed by atoms with E-state index in [9.17, 15) is 18.0 Å². The van der Waals surface area contributed by atoms with E-state index in [0.29, 0.717) is 0 Å². The van der Waals surface area contributed by atoms with Crippen molar-refractivity contribution in [1.82, 2.24) is 0 Å². The standard InChI is InChI=1S/C10H5ClF3NO2S/c1-17-9(16)5-2-3-7(11)6(4-15)8(5)18-10(12,13)14/h2-3H,1H3. The topological polar surface area (TPSA) is 50.1 Å². The lowest BCUT2D eigenvalue weighted by molar-refractivity contribution is -0.0328. The van der Waals surface area contributed by atoms with Gasteiger partial charge in [-0.1, -0.05) is 11.6 Å². The fourth-order valence-corrected chi connectivity index (χ4v) is 2.16. The summed E-state index contributed by atoms with van der Waals surface area (Å²) in [7, 11) is 1.03. The number of hydrogen-bond donors (Lipinski definition) is 0. The Labute approximate surface area is 109 Å². The van der Waals surface area contributed by atoms with Crippen molar-refractivity contribution >= 4 is 29.3 Å². The van der Waals surface area contributed by atoms with E-state index >= 15 is 0 Å². The zero-order chi connectivity index (χ0) is 13.9. The van der Waals surface area contributed by atoms with Crippen LogP contribution in [0.15, 0.2) is 17.0 Å². The highest BCUT2D eigenvalue weighted by Crippen LogP contribution is 2.42. The summed E-state index contributed by atoms with van der Waals surface area (Å²) in [5, 5.41) is 8.65. The summed E-state index contributed by atoms with van der Waals surface area (Å²) in [6.07, 6.45) is 0. The van der Waals surface area contributed by atoms with Gasteiger partial charge < -0.3 is 4.74 Å². The fraction of sp³-hybridized carbons (Fsp3) is 0.200. The fourth-order valence-electron chi connectivity index (χ4n) is 1.16. The van der Waals surface area contributed by atoms with Crippen LogP contribution >= 0.6 is 23.4 Å². The highest BCUT2D eigenvalue weighted by atomic mass is 35.5. The van der Waals surface area contributed by atoms with E-state index in [2.05, 4.69) is 4.74 Å². The third-order valence-corrected chi connectivity index (χ3v) is 3.02. The highest BCUT2D eigenvalue weighted by molar-refractivity contribution is 8.00. The molecule has 8 heteroatoms. The highest BCUT2D eigenvalue weighted by Gasteiger charge is 2.34. The molecular formula is C10H5ClF3NO2S. The summed E-state index contributed by atoms with van der Waals surface area (Å²) in [5.74, 6) is -0.963. The van der Waals surface area contributed by atoms with Gasteiger partial charge in [0.05, 0.1) is 23.3 Å². The second kappa shape index (κ2) is 5.50. The van der Waals surface area contributed by atoms with Crippen LogP contribution in [0.2, 0.25) is 5.02 Å². The maximum Gasteiger partial charge on any atom is 0.446 e. The van der Waals surface area contributed by atoms with Gasteiger partial charge in [-0.2, -0.15) is 18.4 Å². The van der Waals surface area contributed by atoms with E-state index in [1.54, 1.807) is 6.07 Å². The molecule has 1 aromatic carbocycles. The van der Waals surface area contributed by atoms with Crippen molar-refractivity contribution in [2.45, 2.75) is 10.4 Å². The van der Waals surface area contributed by atoms with E-state index in [4.69, 9.17) is 16.9 Å². The van der Waals surface area contributed by atoms with Gasteiger partial charge in [-0.15, -0.1) is 0 Å². The van der Waals surface area contributed by atoms with Gasteiger partial charge in [0.2, 0.25) is 0 Å². The molecule has 0 saturated heterocycles. The van der Waals surface area contributed by atoms with Crippen molar-refractivity contribution in [2.24, 2.45) is 0 Å². The van der Waals surface area contributed by atoms with E-state index in [0.717, 1.165) is 13.2 Å². The second-order valence-electron chi connectivity index (χ2n) is 2.95. The number of alkyl halides is 3. The Kier molecular flexibility index (Phi) is 4.48. The molecule has 0 amide bonds. The molecule has 0 aromatic heterocycles. The maximum atomic E-state index is 12.4. The van der Waals surface area contributed by atoms with Crippen LogP contribution in [-0.2, 0) is 4.74 Å². The Morgan fingerprint density at radius 3 is 2.56 bits per heavy atom. The molecule has 1 rings (SSSR count). The number of esters is 1. The van der Waals surface area contributed by atoms with Gasteiger partial charge >= 0.3 is 11.5 Å². The van der Waals surface area contributed by atoms with Crippen molar-refractivity contribution in [1.29, 1.82) is 5.26 Å². The van der Waals surface area contributed by atoms with Crippen LogP contribution < -0.4 is 0 Å². The molecule has 0 heterocycles. The lowest BCUT2D eigenvalue weighted by Gasteiger charge is -2.12. The molecule has 0 atom stereocenters. The Bertz CT molecular complexity index is 525. The van der Waals surface area contributed by atoms with Crippen LogP contribution in [0.4, 0.5) is 13.2 Å². The molecule has 0 aliphatic carbocycles. The summed E-state index contributed by atoms with van der Waals surface area (Å²) < 4.78 is 41.5. The van der Waals surface area contributed by atoms with Crippen LogP contribution in [0.1, 0.15) is 15.9 Å². The average Bonchev–Trinajstić information content (AvgIpc) is 2.26. The third-order valence-electron chi connectivity index (χ3n) is 1.84. The number of benzene rings is 1. The Morgan fingerprint density at radius 1 is 1.50 bits per heavy atom. The molecule has 0 aliphatic heterocycles. The van der Waals surface area contributed by atoms with Crippen molar-refractivity contribution in [3.63, 3.8) is 0 Å². The molecule has 0 bridgehead atoms. The van der Waals surface area contributed by atoms with Crippen LogP contribution in [0, 0.1) is 11.3 Å². The lowest BCUT2D eigenvalue weighted by atomic mass is 10.1. The van der Waals surface area contributed by atoms with Gasteiger partial charge in [0.1, 0.15) is 6.07 Å². The van der Waals surface area contributed by atoms with Gasteiger partial charge in [0.15, 0.2) is 0 Å². The van der Waals surface area contributed by atoms with Crippen molar-refractivity contribution < 1.29 is 22.7 Å². The number of nitriles is 1.